The summed E-state index contributed by atoms with van der Waals surface area (Å²) in [6.45, 7) is 0. The van der Waals surface area contributed by atoms with Crippen molar-refractivity contribution in [3.05, 3.63) is 44.4 Å². The van der Waals surface area contributed by atoms with Crippen molar-refractivity contribution in [2.75, 3.05) is 0 Å². The van der Waals surface area contributed by atoms with Crippen LogP contribution in [0.15, 0.2) is 28.7 Å². The van der Waals surface area contributed by atoms with E-state index in [9.17, 15) is 14.9 Å². The Hall–Kier alpha value is -1.49. The summed E-state index contributed by atoms with van der Waals surface area (Å²) in [6.07, 6.45) is 3.19. The van der Waals surface area contributed by atoms with E-state index in [4.69, 9.17) is 0 Å². The Balaban J connectivity index is 3.21. The third-order valence-electron chi connectivity index (χ3n) is 1.54. The molecule has 0 spiro atoms. The summed E-state index contributed by atoms with van der Waals surface area (Å²) in [5.41, 5.74) is 0.378. The van der Waals surface area contributed by atoms with Crippen molar-refractivity contribution < 1.29 is 9.72 Å². The van der Waals surface area contributed by atoms with Crippen molar-refractivity contribution in [3.63, 3.8) is 0 Å². The van der Waals surface area contributed by atoms with E-state index in [1.807, 2.05) is 0 Å². The van der Waals surface area contributed by atoms with Crippen LogP contribution in [0.5, 0.6) is 0 Å². The van der Waals surface area contributed by atoms with Crippen LogP contribution in [0.1, 0.15) is 5.56 Å². The Morgan fingerprint density at radius 1 is 1.43 bits per heavy atom. The van der Waals surface area contributed by atoms with E-state index < -0.39 is 4.92 Å². The number of hydrogen-bond acceptors (Lipinski definition) is 3. The van der Waals surface area contributed by atoms with E-state index >= 15 is 0 Å². The fourth-order valence-electron chi connectivity index (χ4n) is 0.959. The second kappa shape index (κ2) is 4.66. The largest absolute Gasteiger partial charge is 0.299 e. The van der Waals surface area contributed by atoms with Crippen molar-refractivity contribution in [2.45, 2.75) is 0 Å². The number of nitro groups is 1. The Labute approximate surface area is 88.5 Å². The third-order valence-corrected chi connectivity index (χ3v) is 2.04. The predicted octanol–water partition coefficient (Wildman–Crippen LogP) is 2.57. The lowest BCUT2D eigenvalue weighted by Gasteiger charge is -1.97. The number of nitrogens with zero attached hydrogens (tertiary/aromatic N) is 1. The lowest BCUT2D eigenvalue weighted by molar-refractivity contribution is -0.385. The van der Waals surface area contributed by atoms with Gasteiger partial charge in [-0.05, 0) is 24.3 Å². The molecule has 0 bridgehead atoms. The number of nitro benzene ring substituents is 1. The fourth-order valence-corrected chi connectivity index (χ4v) is 1.31. The first-order valence-electron chi connectivity index (χ1n) is 3.71. The maximum atomic E-state index is 10.6. The normalized spacial score (nSPS) is 10.4. The number of benzene rings is 1. The third kappa shape index (κ3) is 2.50. The van der Waals surface area contributed by atoms with Crippen LogP contribution in [0.25, 0.3) is 6.08 Å². The van der Waals surface area contributed by atoms with Gasteiger partial charge in [-0.15, -0.1) is 0 Å². The van der Waals surface area contributed by atoms with E-state index in [-0.39, 0.29) is 5.69 Å². The minimum atomic E-state index is -0.491. The number of allylic oxidation sites excluding steroid dienone is 1. The molecule has 4 nitrogen and oxygen atoms in total. The highest BCUT2D eigenvalue weighted by Gasteiger charge is 2.11. The summed E-state index contributed by atoms with van der Waals surface area (Å²) in [6, 6.07) is 4.64. The van der Waals surface area contributed by atoms with Gasteiger partial charge >= 0.3 is 0 Å². The SMILES string of the molecule is O=CC=Cc1ccc(Br)cc1[N+](=O)[O-]. The van der Waals surface area contributed by atoms with Gasteiger partial charge in [0.2, 0.25) is 0 Å². The first-order chi connectivity index (χ1) is 6.65. The van der Waals surface area contributed by atoms with Gasteiger partial charge in [-0.2, -0.15) is 0 Å². The molecule has 0 heterocycles. The Kier molecular flexibility index (Phi) is 3.53. The zero-order valence-corrected chi connectivity index (χ0v) is 8.60. The molecule has 72 valence electrons. The lowest BCUT2D eigenvalue weighted by atomic mass is 10.2. The molecule has 1 rings (SSSR count). The minimum Gasteiger partial charge on any atom is -0.299 e. The van der Waals surface area contributed by atoms with Gasteiger partial charge in [0.1, 0.15) is 6.29 Å². The molecule has 0 atom stereocenters. The molecule has 0 aliphatic heterocycles. The van der Waals surface area contributed by atoms with E-state index in [1.54, 1.807) is 12.1 Å². The topological polar surface area (TPSA) is 60.2 Å². The summed E-state index contributed by atoms with van der Waals surface area (Å²) >= 11 is 3.13. The fraction of sp³-hybridized carbons (Fsp3) is 0. The molecule has 0 fully saturated rings. The van der Waals surface area contributed by atoms with Gasteiger partial charge in [0.15, 0.2) is 0 Å². The number of carbonyl (C=O) groups excluding carboxylic acids is 1. The van der Waals surface area contributed by atoms with Gasteiger partial charge in [0.05, 0.1) is 10.5 Å². The molecule has 1 aromatic rings. The van der Waals surface area contributed by atoms with Gasteiger partial charge in [0, 0.05) is 10.5 Å². The maximum Gasteiger partial charge on any atom is 0.277 e. The first-order valence-corrected chi connectivity index (χ1v) is 4.50. The van der Waals surface area contributed by atoms with Crippen LogP contribution in [-0.2, 0) is 4.79 Å². The smallest absolute Gasteiger partial charge is 0.277 e. The highest BCUT2D eigenvalue weighted by atomic mass is 79.9. The number of hydrogen-bond donors (Lipinski definition) is 0. The zero-order chi connectivity index (χ0) is 10.6. The van der Waals surface area contributed by atoms with E-state index in [2.05, 4.69) is 15.9 Å². The monoisotopic (exact) mass is 255 g/mol. The van der Waals surface area contributed by atoms with Crippen molar-refractivity contribution >= 4 is 34.0 Å². The quantitative estimate of drug-likeness (QED) is 0.361. The van der Waals surface area contributed by atoms with Crippen LogP contribution in [0.4, 0.5) is 5.69 Å². The molecule has 0 radical (unpaired) electrons. The summed E-state index contributed by atoms with van der Waals surface area (Å²) in [5, 5.41) is 10.6. The van der Waals surface area contributed by atoms with Crippen molar-refractivity contribution in [1.82, 2.24) is 0 Å². The standard InChI is InChI=1S/C9H6BrNO3/c10-8-4-3-7(2-1-5-12)9(6-8)11(13)14/h1-6H. The van der Waals surface area contributed by atoms with Gasteiger partial charge in [0.25, 0.3) is 5.69 Å². The molecule has 0 amide bonds. The van der Waals surface area contributed by atoms with Gasteiger partial charge in [-0.3, -0.25) is 14.9 Å². The van der Waals surface area contributed by atoms with E-state index in [0.717, 1.165) is 0 Å². The Bertz CT molecular complexity index is 401. The molecule has 1 aromatic carbocycles. The molecule has 0 aliphatic carbocycles. The molecule has 5 heteroatoms. The molecule has 0 unspecified atom stereocenters. The summed E-state index contributed by atoms with van der Waals surface area (Å²) in [7, 11) is 0. The second-order valence-electron chi connectivity index (χ2n) is 2.46. The average molecular weight is 256 g/mol. The van der Waals surface area contributed by atoms with Crippen LogP contribution in [0.2, 0.25) is 0 Å². The van der Waals surface area contributed by atoms with Gasteiger partial charge in [-0.25, -0.2) is 0 Å². The van der Waals surface area contributed by atoms with E-state index in [0.29, 0.717) is 16.3 Å². The van der Waals surface area contributed by atoms with Crippen LogP contribution in [-0.4, -0.2) is 11.2 Å². The second-order valence-corrected chi connectivity index (χ2v) is 3.37. The predicted molar refractivity (Wildman–Crippen MR) is 55.9 cm³/mol. The van der Waals surface area contributed by atoms with Crippen LogP contribution in [0.3, 0.4) is 0 Å². The van der Waals surface area contributed by atoms with E-state index in [1.165, 1.54) is 18.2 Å². The number of halogens is 1. The first kappa shape index (κ1) is 10.6. The highest BCUT2D eigenvalue weighted by Crippen LogP contribution is 2.24. The van der Waals surface area contributed by atoms with Crippen molar-refractivity contribution in [3.8, 4) is 0 Å². The van der Waals surface area contributed by atoms with Crippen molar-refractivity contribution in [2.24, 2.45) is 0 Å². The molecular formula is C9H6BrNO3. The van der Waals surface area contributed by atoms with Gasteiger partial charge < -0.3 is 0 Å². The van der Waals surface area contributed by atoms with Crippen LogP contribution < -0.4 is 0 Å². The zero-order valence-electron chi connectivity index (χ0n) is 7.01. The van der Waals surface area contributed by atoms with Gasteiger partial charge in [-0.1, -0.05) is 15.9 Å². The molecule has 0 aromatic heterocycles. The number of rotatable bonds is 3. The molecular weight excluding hydrogens is 250 g/mol. The number of carbonyl (C=O) groups is 1. The highest BCUT2D eigenvalue weighted by molar-refractivity contribution is 9.10. The summed E-state index contributed by atoms with van der Waals surface area (Å²) in [5.74, 6) is 0. The molecule has 0 N–H and O–H groups in total. The summed E-state index contributed by atoms with van der Waals surface area (Å²) in [4.78, 5) is 20.2. The lowest BCUT2D eigenvalue weighted by Crippen LogP contribution is -1.91. The molecule has 14 heavy (non-hydrogen) atoms. The molecule has 0 aliphatic rings. The number of aldehydes is 1. The average Bonchev–Trinajstić information content (AvgIpc) is 2.15. The van der Waals surface area contributed by atoms with Crippen LogP contribution in [0, 0.1) is 10.1 Å². The maximum absolute atomic E-state index is 10.6. The Morgan fingerprint density at radius 3 is 2.71 bits per heavy atom. The van der Waals surface area contributed by atoms with Crippen LogP contribution >= 0.6 is 15.9 Å². The summed E-state index contributed by atoms with van der Waals surface area (Å²) < 4.78 is 0.632. The minimum absolute atomic E-state index is 0.0301. The Morgan fingerprint density at radius 2 is 2.14 bits per heavy atom. The molecule has 0 saturated carbocycles. The van der Waals surface area contributed by atoms with Crippen molar-refractivity contribution in [1.29, 1.82) is 0 Å². The molecule has 0 saturated heterocycles.